The normalized spacial score (nSPS) is 15.0. The van der Waals surface area contributed by atoms with E-state index in [-0.39, 0.29) is 5.91 Å². The Labute approximate surface area is 178 Å². The van der Waals surface area contributed by atoms with Gasteiger partial charge in [0.15, 0.2) is 5.65 Å². The van der Waals surface area contributed by atoms with Crippen LogP contribution in [-0.4, -0.2) is 33.4 Å². The molecule has 6 nitrogen and oxygen atoms in total. The van der Waals surface area contributed by atoms with Crippen LogP contribution in [0.2, 0.25) is 0 Å². The number of amides is 1. The van der Waals surface area contributed by atoms with Crippen molar-refractivity contribution in [3.05, 3.63) is 48.4 Å². The Kier molecular flexibility index (Phi) is 5.12. The summed E-state index contributed by atoms with van der Waals surface area (Å²) >= 11 is 1.44. The first-order chi connectivity index (χ1) is 14.7. The highest BCUT2D eigenvalue weighted by atomic mass is 32.1. The highest BCUT2D eigenvalue weighted by molar-refractivity contribution is 7.20. The standard InChI is InChI=1S/C23H23N3O3S/c1-2-26(15-7-4-3-5-8-15)22(27)18-14-28-19-13-16(10-11-17(18)19)29-23-25-21-20(30-23)9-6-12-24-21/h6,9-15H,2-5,7-8H2,1H3. The lowest BCUT2D eigenvalue weighted by Crippen LogP contribution is -2.41. The van der Waals surface area contributed by atoms with E-state index in [0.717, 1.165) is 22.9 Å². The van der Waals surface area contributed by atoms with Gasteiger partial charge in [-0.05, 0) is 44.0 Å². The topological polar surface area (TPSA) is 68.5 Å². The van der Waals surface area contributed by atoms with Crippen LogP contribution in [0.5, 0.6) is 10.9 Å². The minimum atomic E-state index is 0.0501. The van der Waals surface area contributed by atoms with E-state index < -0.39 is 0 Å². The summed E-state index contributed by atoms with van der Waals surface area (Å²) in [5, 5.41) is 1.34. The second kappa shape index (κ2) is 8.07. The number of rotatable bonds is 5. The first-order valence-electron chi connectivity index (χ1n) is 10.4. The Balaban J connectivity index is 1.39. The van der Waals surface area contributed by atoms with Gasteiger partial charge in [0, 0.05) is 30.2 Å². The molecule has 1 aromatic carbocycles. The molecule has 0 radical (unpaired) electrons. The number of hydrogen-bond acceptors (Lipinski definition) is 6. The van der Waals surface area contributed by atoms with Crippen molar-refractivity contribution in [2.24, 2.45) is 0 Å². The van der Waals surface area contributed by atoms with E-state index in [1.54, 1.807) is 12.5 Å². The average molecular weight is 422 g/mol. The summed E-state index contributed by atoms with van der Waals surface area (Å²) in [6, 6.07) is 9.73. The number of hydrogen-bond donors (Lipinski definition) is 0. The lowest BCUT2D eigenvalue weighted by Gasteiger charge is -2.33. The Morgan fingerprint density at radius 1 is 1.27 bits per heavy atom. The summed E-state index contributed by atoms with van der Waals surface area (Å²) in [5.41, 5.74) is 1.93. The van der Waals surface area contributed by atoms with Crippen LogP contribution >= 0.6 is 11.3 Å². The fraction of sp³-hybridized carbons (Fsp3) is 0.348. The van der Waals surface area contributed by atoms with Crippen LogP contribution in [0, 0.1) is 0 Å². The number of pyridine rings is 1. The third kappa shape index (κ3) is 3.54. The summed E-state index contributed by atoms with van der Waals surface area (Å²) < 4.78 is 12.6. The van der Waals surface area contributed by atoms with Crippen molar-refractivity contribution in [2.45, 2.75) is 45.1 Å². The van der Waals surface area contributed by atoms with Gasteiger partial charge in [-0.1, -0.05) is 30.6 Å². The molecule has 0 unspecified atom stereocenters. The summed E-state index contributed by atoms with van der Waals surface area (Å²) in [4.78, 5) is 23.9. The Bertz CT molecular complexity index is 1160. The molecule has 0 atom stereocenters. The van der Waals surface area contributed by atoms with Crippen molar-refractivity contribution in [3.8, 4) is 10.9 Å². The molecular weight excluding hydrogens is 398 g/mol. The molecule has 1 aliphatic rings. The molecule has 154 valence electrons. The molecular formula is C23H23N3O3S. The van der Waals surface area contributed by atoms with Crippen LogP contribution in [0.1, 0.15) is 49.4 Å². The summed E-state index contributed by atoms with van der Waals surface area (Å²) in [6.07, 6.45) is 9.13. The van der Waals surface area contributed by atoms with Crippen molar-refractivity contribution in [1.82, 2.24) is 14.9 Å². The molecule has 3 aromatic heterocycles. The lowest BCUT2D eigenvalue weighted by molar-refractivity contribution is 0.0649. The number of thiazole rings is 1. The van der Waals surface area contributed by atoms with Gasteiger partial charge in [-0.25, -0.2) is 4.98 Å². The first kappa shape index (κ1) is 19.1. The highest BCUT2D eigenvalue weighted by Crippen LogP contribution is 2.33. The number of nitrogens with zero attached hydrogens (tertiary/aromatic N) is 3. The number of ether oxygens (including phenoxy) is 1. The van der Waals surface area contributed by atoms with Crippen LogP contribution in [0.25, 0.3) is 21.3 Å². The van der Waals surface area contributed by atoms with Crippen molar-refractivity contribution in [2.75, 3.05) is 6.54 Å². The van der Waals surface area contributed by atoms with Gasteiger partial charge in [0.2, 0.25) is 0 Å². The molecule has 7 heteroatoms. The zero-order valence-corrected chi connectivity index (χ0v) is 17.7. The van der Waals surface area contributed by atoms with E-state index in [2.05, 4.69) is 9.97 Å². The molecule has 4 aromatic rings. The quantitative estimate of drug-likeness (QED) is 0.394. The van der Waals surface area contributed by atoms with Gasteiger partial charge in [0.05, 0.1) is 10.3 Å². The van der Waals surface area contributed by atoms with Crippen molar-refractivity contribution in [1.29, 1.82) is 0 Å². The fourth-order valence-electron chi connectivity index (χ4n) is 4.25. The van der Waals surface area contributed by atoms with E-state index in [1.165, 1.54) is 30.6 Å². The fourth-order valence-corrected chi connectivity index (χ4v) is 5.04. The summed E-state index contributed by atoms with van der Waals surface area (Å²) in [7, 11) is 0. The van der Waals surface area contributed by atoms with E-state index >= 15 is 0 Å². The van der Waals surface area contributed by atoms with Crippen LogP contribution in [0.4, 0.5) is 0 Å². The van der Waals surface area contributed by atoms with Gasteiger partial charge in [-0.15, -0.1) is 0 Å². The molecule has 1 fully saturated rings. The van der Waals surface area contributed by atoms with Gasteiger partial charge in [0.25, 0.3) is 11.1 Å². The Hall–Kier alpha value is -2.93. The molecule has 0 aliphatic heterocycles. The van der Waals surface area contributed by atoms with Crippen molar-refractivity contribution < 1.29 is 13.9 Å². The molecule has 1 saturated carbocycles. The zero-order chi connectivity index (χ0) is 20.5. The Morgan fingerprint density at radius 3 is 2.93 bits per heavy atom. The monoisotopic (exact) mass is 421 g/mol. The summed E-state index contributed by atoms with van der Waals surface area (Å²) in [5.74, 6) is 0.670. The molecule has 1 amide bonds. The first-order valence-corrected chi connectivity index (χ1v) is 11.3. The highest BCUT2D eigenvalue weighted by Gasteiger charge is 2.27. The number of furan rings is 1. The second-order valence-corrected chi connectivity index (χ2v) is 8.59. The number of carbonyl (C=O) groups is 1. The minimum Gasteiger partial charge on any atom is -0.463 e. The summed E-state index contributed by atoms with van der Waals surface area (Å²) in [6.45, 7) is 2.76. The molecule has 30 heavy (non-hydrogen) atoms. The third-order valence-corrected chi connectivity index (χ3v) is 6.63. The molecule has 1 aliphatic carbocycles. The number of benzene rings is 1. The number of carbonyl (C=O) groups excluding carboxylic acids is 1. The number of aromatic nitrogens is 2. The van der Waals surface area contributed by atoms with Crippen LogP contribution in [0.3, 0.4) is 0 Å². The maximum absolute atomic E-state index is 13.2. The van der Waals surface area contributed by atoms with Gasteiger partial charge in [-0.2, -0.15) is 4.98 Å². The average Bonchev–Trinajstić information content (AvgIpc) is 3.38. The van der Waals surface area contributed by atoms with E-state index in [0.29, 0.717) is 40.3 Å². The van der Waals surface area contributed by atoms with Gasteiger partial charge < -0.3 is 14.1 Å². The van der Waals surface area contributed by atoms with Gasteiger partial charge in [0.1, 0.15) is 17.6 Å². The maximum atomic E-state index is 13.2. The molecule has 0 spiro atoms. The zero-order valence-electron chi connectivity index (χ0n) is 16.8. The van der Waals surface area contributed by atoms with Crippen molar-refractivity contribution in [3.63, 3.8) is 0 Å². The predicted octanol–water partition coefficient (Wildman–Crippen LogP) is 6.02. The van der Waals surface area contributed by atoms with E-state index in [1.807, 2.05) is 42.2 Å². The van der Waals surface area contributed by atoms with Gasteiger partial charge >= 0.3 is 0 Å². The molecule has 0 N–H and O–H groups in total. The van der Waals surface area contributed by atoms with E-state index in [4.69, 9.17) is 9.15 Å². The van der Waals surface area contributed by atoms with Crippen LogP contribution in [0.15, 0.2) is 47.2 Å². The third-order valence-electron chi connectivity index (χ3n) is 5.74. The predicted molar refractivity (Wildman–Crippen MR) is 117 cm³/mol. The number of fused-ring (bicyclic) bond motifs is 2. The smallest absolute Gasteiger partial charge is 0.281 e. The Morgan fingerprint density at radius 2 is 2.13 bits per heavy atom. The lowest BCUT2D eigenvalue weighted by atomic mass is 9.93. The van der Waals surface area contributed by atoms with Crippen LogP contribution in [-0.2, 0) is 0 Å². The van der Waals surface area contributed by atoms with Gasteiger partial charge in [-0.3, -0.25) is 4.79 Å². The molecule has 5 rings (SSSR count). The van der Waals surface area contributed by atoms with Crippen LogP contribution < -0.4 is 4.74 Å². The maximum Gasteiger partial charge on any atom is 0.281 e. The molecule has 3 heterocycles. The molecule has 0 bridgehead atoms. The largest absolute Gasteiger partial charge is 0.463 e. The minimum absolute atomic E-state index is 0.0501. The van der Waals surface area contributed by atoms with Crippen molar-refractivity contribution >= 4 is 38.6 Å². The molecule has 0 saturated heterocycles. The van der Waals surface area contributed by atoms with E-state index in [9.17, 15) is 4.79 Å². The SMILES string of the molecule is CCN(C(=O)c1coc2cc(Oc3nc4ncccc4s3)ccc12)C1CCCCC1. The second-order valence-electron chi connectivity index (χ2n) is 7.60.